The lowest BCUT2D eigenvalue weighted by atomic mass is 10.2. The predicted molar refractivity (Wildman–Crippen MR) is 82.5 cm³/mol. The summed E-state index contributed by atoms with van der Waals surface area (Å²) >= 11 is 0. The monoisotopic (exact) mass is 325 g/mol. The van der Waals surface area contributed by atoms with Crippen LogP contribution in [-0.2, 0) is 0 Å². The molecular weight excluding hydrogens is 310 g/mol. The van der Waals surface area contributed by atoms with Gasteiger partial charge >= 0.3 is 0 Å². The Hall–Kier alpha value is -3.21. The number of methoxy groups -OCH3 is 1. The van der Waals surface area contributed by atoms with Crippen molar-refractivity contribution >= 4 is 5.91 Å². The van der Waals surface area contributed by atoms with Gasteiger partial charge in [-0.05, 0) is 6.07 Å². The van der Waals surface area contributed by atoms with Crippen molar-refractivity contribution in [1.29, 1.82) is 5.26 Å². The summed E-state index contributed by atoms with van der Waals surface area (Å²) in [5, 5.41) is 9.01. The van der Waals surface area contributed by atoms with Gasteiger partial charge in [-0.1, -0.05) is 0 Å². The number of ether oxygens (including phenoxy) is 2. The summed E-state index contributed by atoms with van der Waals surface area (Å²) in [6.07, 6.45) is 4.84. The number of nitriles is 1. The van der Waals surface area contributed by atoms with E-state index in [2.05, 4.69) is 15.0 Å². The van der Waals surface area contributed by atoms with E-state index in [-0.39, 0.29) is 23.6 Å². The molecule has 1 saturated heterocycles. The Labute approximate surface area is 138 Å². The van der Waals surface area contributed by atoms with Gasteiger partial charge in [0.2, 0.25) is 11.6 Å². The number of hydrogen-bond donors (Lipinski definition) is 0. The third-order valence-corrected chi connectivity index (χ3v) is 3.67. The number of amides is 1. The van der Waals surface area contributed by atoms with Gasteiger partial charge in [0, 0.05) is 37.6 Å². The molecule has 2 aromatic rings. The SMILES string of the molecule is COc1ccc(C(=O)N2CC[C@H](Oc3nccnc3C#N)C2)cn1. The largest absolute Gasteiger partial charge is 0.481 e. The number of rotatable bonds is 4. The number of hydrogen-bond acceptors (Lipinski definition) is 7. The van der Waals surface area contributed by atoms with Crippen molar-refractivity contribution in [2.45, 2.75) is 12.5 Å². The molecular formula is C16H15N5O3. The fourth-order valence-corrected chi connectivity index (χ4v) is 2.47. The van der Waals surface area contributed by atoms with Crippen LogP contribution in [0.5, 0.6) is 11.8 Å². The molecule has 0 N–H and O–H groups in total. The standard InChI is InChI=1S/C16H15N5O3/c1-23-14-3-2-11(9-20-14)16(22)21-7-4-12(10-21)24-15-13(8-17)18-5-6-19-15/h2-3,5-6,9,12H,4,7,10H2,1H3/t12-/m0/s1. The fourth-order valence-electron chi connectivity index (χ4n) is 2.47. The highest BCUT2D eigenvalue weighted by molar-refractivity contribution is 5.94. The Morgan fingerprint density at radius 2 is 2.17 bits per heavy atom. The third-order valence-electron chi connectivity index (χ3n) is 3.67. The minimum Gasteiger partial charge on any atom is -0.481 e. The van der Waals surface area contributed by atoms with Crippen LogP contribution >= 0.6 is 0 Å². The van der Waals surface area contributed by atoms with Gasteiger partial charge in [-0.2, -0.15) is 5.26 Å². The number of nitrogens with zero attached hydrogens (tertiary/aromatic N) is 5. The molecule has 8 heteroatoms. The zero-order chi connectivity index (χ0) is 16.9. The fraction of sp³-hybridized carbons (Fsp3) is 0.312. The molecule has 1 atom stereocenters. The maximum atomic E-state index is 12.5. The smallest absolute Gasteiger partial charge is 0.255 e. The lowest BCUT2D eigenvalue weighted by Crippen LogP contribution is -2.31. The Kier molecular flexibility index (Phi) is 4.52. The predicted octanol–water partition coefficient (Wildman–Crippen LogP) is 1.05. The Balaban J connectivity index is 1.64. The van der Waals surface area contributed by atoms with E-state index in [0.29, 0.717) is 31.0 Å². The van der Waals surface area contributed by atoms with Gasteiger partial charge in [0.15, 0.2) is 0 Å². The molecule has 122 valence electrons. The highest BCUT2D eigenvalue weighted by atomic mass is 16.5. The second kappa shape index (κ2) is 6.91. The lowest BCUT2D eigenvalue weighted by Gasteiger charge is -2.17. The lowest BCUT2D eigenvalue weighted by molar-refractivity contribution is 0.0770. The first-order valence-electron chi connectivity index (χ1n) is 7.38. The van der Waals surface area contributed by atoms with E-state index in [1.807, 2.05) is 6.07 Å². The van der Waals surface area contributed by atoms with Gasteiger partial charge in [-0.15, -0.1) is 0 Å². The first-order chi connectivity index (χ1) is 11.7. The number of likely N-dealkylation sites (tertiary alicyclic amines) is 1. The van der Waals surface area contributed by atoms with Crippen molar-refractivity contribution in [3.63, 3.8) is 0 Å². The highest BCUT2D eigenvalue weighted by Gasteiger charge is 2.29. The Morgan fingerprint density at radius 1 is 1.33 bits per heavy atom. The Morgan fingerprint density at radius 3 is 2.88 bits per heavy atom. The molecule has 2 aromatic heterocycles. The number of carbonyl (C=O) groups excluding carboxylic acids is 1. The van der Waals surface area contributed by atoms with Crippen molar-refractivity contribution in [2.75, 3.05) is 20.2 Å². The number of carbonyl (C=O) groups is 1. The molecule has 0 aromatic carbocycles. The summed E-state index contributed by atoms with van der Waals surface area (Å²) < 4.78 is 10.7. The van der Waals surface area contributed by atoms with Crippen LogP contribution < -0.4 is 9.47 Å². The van der Waals surface area contributed by atoms with E-state index < -0.39 is 0 Å². The maximum absolute atomic E-state index is 12.5. The summed E-state index contributed by atoms with van der Waals surface area (Å²) in [6.45, 7) is 0.990. The molecule has 1 aliphatic rings. The van der Waals surface area contributed by atoms with E-state index in [1.54, 1.807) is 17.0 Å². The van der Waals surface area contributed by atoms with E-state index in [0.717, 1.165) is 0 Å². The first kappa shape index (κ1) is 15.7. The summed E-state index contributed by atoms with van der Waals surface area (Å²) in [5.74, 6) is 0.544. The highest BCUT2D eigenvalue weighted by Crippen LogP contribution is 2.20. The van der Waals surface area contributed by atoms with Gasteiger partial charge in [0.25, 0.3) is 11.8 Å². The molecule has 0 unspecified atom stereocenters. The minimum absolute atomic E-state index is 0.115. The molecule has 0 radical (unpaired) electrons. The molecule has 1 fully saturated rings. The van der Waals surface area contributed by atoms with E-state index in [9.17, 15) is 4.79 Å². The number of pyridine rings is 1. The average molecular weight is 325 g/mol. The van der Waals surface area contributed by atoms with Gasteiger partial charge in [-0.3, -0.25) is 4.79 Å². The van der Waals surface area contributed by atoms with Crippen LogP contribution in [0.25, 0.3) is 0 Å². The molecule has 3 heterocycles. The van der Waals surface area contributed by atoms with Crippen LogP contribution in [0.4, 0.5) is 0 Å². The van der Waals surface area contributed by atoms with Gasteiger partial charge in [0.05, 0.1) is 19.2 Å². The molecule has 24 heavy (non-hydrogen) atoms. The van der Waals surface area contributed by atoms with Crippen LogP contribution in [0.15, 0.2) is 30.7 Å². The maximum Gasteiger partial charge on any atom is 0.255 e. The first-order valence-corrected chi connectivity index (χ1v) is 7.38. The molecule has 0 saturated carbocycles. The van der Waals surface area contributed by atoms with Crippen LogP contribution in [-0.4, -0.2) is 52.1 Å². The van der Waals surface area contributed by atoms with E-state index in [4.69, 9.17) is 14.7 Å². The summed E-state index contributed by atoms with van der Waals surface area (Å²) in [4.78, 5) is 26.1. The topological polar surface area (TPSA) is 101 Å². The van der Waals surface area contributed by atoms with Crippen LogP contribution in [0, 0.1) is 11.3 Å². The summed E-state index contributed by atoms with van der Waals surface area (Å²) in [6, 6.07) is 5.27. The third kappa shape index (κ3) is 3.25. The van der Waals surface area contributed by atoms with Gasteiger partial charge in [0.1, 0.15) is 12.2 Å². The van der Waals surface area contributed by atoms with Crippen molar-refractivity contribution in [1.82, 2.24) is 19.9 Å². The zero-order valence-electron chi connectivity index (χ0n) is 13.0. The Bertz CT molecular complexity index is 772. The molecule has 3 rings (SSSR count). The van der Waals surface area contributed by atoms with Crippen LogP contribution in [0.3, 0.4) is 0 Å². The molecule has 0 spiro atoms. The quantitative estimate of drug-likeness (QED) is 0.828. The molecule has 0 bridgehead atoms. The summed E-state index contributed by atoms with van der Waals surface area (Å²) in [5.41, 5.74) is 0.635. The summed E-state index contributed by atoms with van der Waals surface area (Å²) in [7, 11) is 1.52. The van der Waals surface area contributed by atoms with Crippen molar-refractivity contribution in [3.8, 4) is 17.8 Å². The number of aromatic nitrogens is 3. The molecule has 0 aliphatic carbocycles. The van der Waals surface area contributed by atoms with Crippen molar-refractivity contribution < 1.29 is 14.3 Å². The van der Waals surface area contributed by atoms with Crippen molar-refractivity contribution in [3.05, 3.63) is 42.0 Å². The van der Waals surface area contributed by atoms with Crippen LogP contribution in [0.1, 0.15) is 22.5 Å². The van der Waals surface area contributed by atoms with Crippen LogP contribution in [0.2, 0.25) is 0 Å². The minimum atomic E-state index is -0.219. The zero-order valence-corrected chi connectivity index (χ0v) is 13.0. The molecule has 8 nitrogen and oxygen atoms in total. The van der Waals surface area contributed by atoms with Crippen molar-refractivity contribution in [2.24, 2.45) is 0 Å². The van der Waals surface area contributed by atoms with Gasteiger partial charge < -0.3 is 14.4 Å². The second-order valence-corrected chi connectivity index (χ2v) is 5.19. The second-order valence-electron chi connectivity index (χ2n) is 5.19. The van der Waals surface area contributed by atoms with E-state index in [1.165, 1.54) is 25.7 Å². The van der Waals surface area contributed by atoms with E-state index >= 15 is 0 Å². The average Bonchev–Trinajstić information content (AvgIpc) is 3.10. The normalized spacial score (nSPS) is 16.5. The van der Waals surface area contributed by atoms with Gasteiger partial charge in [-0.25, -0.2) is 15.0 Å². The molecule has 1 aliphatic heterocycles. The molecule has 1 amide bonds.